The average Bonchev–Trinajstić information content (AvgIpc) is 2.89. The molecule has 2 aromatic heterocycles. The minimum Gasteiger partial charge on any atom is -0.354 e. The first-order valence-electron chi connectivity index (χ1n) is 5.63. The van der Waals surface area contributed by atoms with Gasteiger partial charge in [-0.2, -0.15) is 10.4 Å². The lowest BCUT2D eigenvalue weighted by atomic mass is 10.3. The standard InChI is InChI=1S/C11H13N7/c12-4-2-10-3-6-15-11(17-10)14-5-1-7-18-9-13-8-16-18/h3,6,8-9H,1-2,5,7H2,(H,14,15,17). The zero-order chi connectivity index (χ0) is 12.6. The van der Waals surface area contributed by atoms with Crippen LogP contribution in [0.5, 0.6) is 0 Å². The molecule has 0 atom stereocenters. The zero-order valence-corrected chi connectivity index (χ0v) is 9.82. The number of aryl methyl sites for hydroxylation is 1. The third kappa shape index (κ3) is 3.52. The first kappa shape index (κ1) is 12.0. The zero-order valence-electron chi connectivity index (χ0n) is 9.82. The molecule has 92 valence electrons. The molecule has 1 N–H and O–H groups in total. The SMILES string of the molecule is N#CCc1ccnc(NCCCn2cncn2)n1. The van der Waals surface area contributed by atoms with Gasteiger partial charge in [0, 0.05) is 19.3 Å². The van der Waals surface area contributed by atoms with E-state index in [1.807, 2.05) is 0 Å². The van der Waals surface area contributed by atoms with Gasteiger partial charge < -0.3 is 5.32 Å². The lowest BCUT2D eigenvalue weighted by molar-refractivity contribution is 0.589. The summed E-state index contributed by atoms with van der Waals surface area (Å²) in [6, 6.07) is 3.80. The number of hydrogen-bond acceptors (Lipinski definition) is 6. The van der Waals surface area contributed by atoms with E-state index in [-0.39, 0.29) is 0 Å². The molecule has 0 aromatic carbocycles. The maximum atomic E-state index is 8.58. The van der Waals surface area contributed by atoms with Crippen molar-refractivity contribution in [2.45, 2.75) is 19.4 Å². The molecule has 18 heavy (non-hydrogen) atoms. The highest BCUT2D eigenvalue weighted by Crippen LogP contribution is 2.01. The van der Waals surface area contributed by atoms with Gasteiger partial charge in [0.2, 0.25) is 5.95 Å². The number of nitrogens with one attached hydrogen (secondary N) is 1. The molecule has 2 rings (SSSR count). The van der Waals surface area contributed by atoms with Crippen LogP contribution in [-0.4, -0.2) is 31.3 Å². The second-order valence-corrected chi connectivity index (χ2v) is 3.65. The third-order valence-corrected chi connectivity index (χ3v) is 2.29. The van der Waals surface area contributed by atoms with Gasteiger partial charge in [0.05, 0.1) is 18.2 Å². The normalized spacial score (nSPS) is 9.94. The van der Waals surface area contributed by atoms with Crippen LogP contribution in [0.3, 0.4) is 0 Å². The maximum absolute atomic E-state index is 8.58. The Morgan fingerprint density at radius 3 is 3.17 bits per heavy atom. The Morgan fingerprint density at radius 2 is 2.39 bits per heavy atom. The number of nitrogens with zero attached hydrogens (tertiary/aromatic N) is 6. The lowest BCUT2D eigenvalue weighted by Gasteiger charge is -2.05. The van der Waals surface area contributed by atoms with Crippen molar-refractivity contribution in [3.05, 3.63) is 30.6 Å². The molecule has 0 fully saturated rings. The van der Waals surface area contributed by atoms with Crippen LogP contribution in [0.4, 0.5) is 5.95 Å². The highest BCUT2D eigenvalue weighted by atomic mass is 15.3. The predicted molar refractivity (Wildman–Crippen MR) is 64.5 cm³/mol. The molecule has 0 aliphatic carbocycles. The van der Waals surface area contributed by atoms with Gasteiger partial charge in [0.1, 0.15) is 12.7 Å². The summed E-state index contributed by atoms with van der Waals surface area (Å²) in [6.07, 6.45) is 6.05. The molecule has 0 radical (unpaired) electrons. The number of rotatable bonds is 6. The second-order valence-electron chi connectivity index (χ2n) is 3.65. The highest BCUT2D eigenvalue weighted by Gasteiger charge is 1.98. The van der Waals surface area contributed by atoms with Gasteiger partial charge in [0.15, 0.2) is 0 Å². The lowest BCUT2D eigenvalue weighted by Crippen LogP contribution is -2.09. The summed E-state index contributed by atoms with van der Waals surface area (Å²) < 4.78 is 1.77. The number of hydrogen-bond donors (Lipinski definition) is 1. The summed E-state index contributed by atoms with van der Waals surface area (Å²) in [7, 11) is 0. The Labute approximate surface area is 105 Å². The fourth-order valence-electron chi connectivity index (χ4n) is 1.45. The summed E-state index contributed by atoms with van der Waals surface area (Å²) >= 11 is 0. The first-order chi connectivity index (χ1) is 8.88. The van der Waals surface area contributed by atoms with Gasteiger partial charge in [0.25, 0.3) is 0 Å². The minimum absolute atomic E-state index is 0.302. The number of anilines is 1. The molecule has 7 heteroatoms. The molecular formula is C11H13N7. The van der Waals surface area contributed by atoms with E-state index in [1.54, 1.807) is 23.3 Å². The molecule has 0 unspecified atom stereocenters. The molecule has 0 aliphatic rings. The minimum atomic E-state index is 0.302. The molecule has 0 aliphatic heterocycles. The van der Waals surface area contributed by atoms with Gasteiger partial charge in [-0.1, -0.05) is 0 Å². The Kier molecular flexibility index (Phi) is 4.19. The third-order valence-electron chi connectivity index (χ3n) is 2.29. The van der Waals surface area contributed by atoms with Crippen molar-refractivity contribution in [3.63, 3.8) is 0 Å². The monoisotopic (exact) mass is 243 g/mol. The molecule has 2 aromatic rings. The Bertz CT molecular complexity index is 514. The molecule has 0 amide bonds. The van der Waals surface area contributed by atoms with Crippen LogP contribution in [0.1, 0.15) is 12.1 Å². The molecule has 0 saturated heterocycles. The average molecular weight is 243 g/mol. The summed E-state index contributed by atoms with van der Waals surface area (Å²) in [6.45, 7) is 1.54. The summed E-state index contributed by atoms with van der Waals surface area (Å²) in [5, 5.41) is 15.7. The Hall–Kier alpha value is -2.49. The summed E-state index contributed by atoms with van der Waals surface area (Å²) in [5.41, 5.74) is 0.728. The van der Waals surface area contributed by atoms with Crippen molar-refractivity contribution in [2.75, 3.05) is 11.9 Å². The van der Waals surface area contributed by atoms with E-state index in [1.165, 1.54) is 6.33 Å². The molecule has 0 saturated carbocycles. The van der Waals surface area contributed by atoms with Crippen LogP contribution in [0.15, 0.2) is 24.9 Å². The van der Waals surface area contributed by atoms with E-state index in [0.717, 1.165) is 25.2 Å². The van der Waals surface area contributed by atoms with E-state index in [4.69, 9.17) is 5.26 Å². The van der Waals surface area contributed by atoms with Gasteiger partial charge in [-0.15, -0.1) is 0 Å². The van der Waals surface area contributed by atoms with Crippen LogP contribution < -0.4 is 5.32 Å². The van der Waals surface area contributed by atoms with Crippen molar-refractivity contribution in [2.24, 2.45) is 0 Å². The predicted octanol–water partition coefficient (Wildman–Crippen LogP) is 0.636. The Balaban J connectivity index is 1.76. The molecule has 2 heterocycles. The van der Waals surface area contributed by atoms with Crippen molar-refractivity contribution in [1.29, 1.82) is 5.26 Å². The molecule has 7 nitrogen and oxygen atoms in total. The first-order valence-corrected chi connectivity index (χ1v) is 5.63. The van der Waals surface area contributed by atoms with E-state index in [0.29, 0.717) is 12.4 Å². The van der Waals surface area contributed by atoms with E-state index in [9.17, 15) is 0 Å². The Morgan fingerprint density at radius 1 is 1.44 bits per heavy atom. The molecule has 0 bridgehead atoms. The molecular weight excluding hydrogens is 230 g/mol. The number of aromatic nitrogens is 5. The van der Waals surface area contributed by atoms with Crippen LogP contribution in [0.2, 0.25) is 0 Å². The van der Waals surface area contributed by atoms with E-state index < -0.39 is 0 Å². The van der Waals surface area contributed by atoms with Gasteiger partial charge >= 0.3 is 0 Å². The van der Waals surface area contributed by atoms with E-state index >= 15 is 0 Å². The van der Waals surface area contributed by atoms with Gasteiger partial charge in [-0.3, -0.25) is 4.68 Å². The van der Waals surface area contributed by atoms with Crippen molar-refractivity contribution in [3.8, 4) is 6.07 Å². The van der Waals surface area contributed by atoms with Gasteiger partial charge in [-0.25, -0.2) is 15.0 Å². The van der Waals surface area contributed by atoms with Gasteiger partial charge in [-0.05, 0) is 12.5 Å². The van der Waals surface area contributed by atoms with Crippen LogP contribution >= 0.6 is 0 Å². The summed E-state index contributed by atoms with van der Waals surface area (Å²) in [4.78, 5) is 12.2. The second kappa shape index (κ2) is 6.30. The summed E-state index contributed by atoms with van der Waals surface area (Å²) in [5.74, 6) is 0.557. The fraction of sp³-hybridized carbons (Fsp3) is 0.364. The quantitative estimate of drug-likeness (QED) is 0.748. The van der Waals surface area contributed by atoms with Crippen LogP contribution in [-0.2, 0) is 13.0 Å². The van der Waals surface area contributed by atoms with Crippen LogP contribution in [0, 0.1) is 11.3 Å². The van der Waals surface area contributed by atoms with Crippen molar-refractivity contribution in [1.82, 2.24) is 24.7 Å². The van der Waals surface area contributed by atoms with E-state index in [2.05, 4.69) is 31.4 Å². The topological polar surface area (TPSA) is 92.3 Å². The smallest absolute Gasteiger partial charge is 0.222 e. The highest BCUT2D eigenvalue weighted by molar-refractivity contribution is 5.25. The largest absolute Gasteiger partial charge is 0.354 e. The van der Waals surface area contributed by atoms with Crippen LogP contribution in [0.25, 0.3) is 0 Å². The number of nitriles is 1. The maximum Gasteiger partial charge on any atom is 0.222 e. The molecule has 0 spiro atoms. The van der Waals surface area contributed by atoms with Crippen molar-refractivity contribution >= 4 is 5.95 Å². The van der Waals surface area contributed by atoms with Crippen molar-refractivity contribution < 1.29 is 0 Å². The fourth-order valence-corrected chi connectivity index (χ4v) is 1.45.